The second kappa shape index (κ2) is 5.09. The highest BCUT2D eigenvalue weighted by Crippen LogP contribution is 2.46. The van der Waals surface area contributed by atoms with Crippen molar-refractivity contribution in [3.8, 4) is 0 Å². The van der Waals surface area contributed by atoms with Crippen LogP contribution in [-0.4, -0.2) is 0 Å². The Morgan fingerprint density at radius 1 is 0.450 bits per heavy atom. The largest absolute Gasteiger partial charge is 0.0876 e. The van der Waals surface area contributed by atoms with Crippen molar-refractivity contribution in [2.24, 2.45) is 35.5 Å². The molecule has 102 valence electrons. The van der Waals surface area contributed by atoms with E-state index < -0.39 is 0 Å². The topological polar surface area (TPSA) is 0 Å². The molecule has 0 spiro atoms. The summed E-state index contributed by atoms with van der Waals surface area (Å²) in [6.07, 6.45) is 30.9. The zero-order valence-electron chi connectivity index (χ0n) is 11.8. The average molecular weight is 262 g/mol. The Kier molecular flexibility index (Phi) is 3.10. The molecule has 4 rings (SSSR count). The van der Waals surface area contributed by atoms with Gasteiger partial charge < -0.3 is 0 Å². The summed E-state index contributed by atoms with van der Waals surface area (Å²) in [4.78, 5) is 0. The SMILES string of the molecule is C1=CC2CC=CC([C@@H]3C=CCC4C=CC=CC43)C2C=C1. The summed E-state index contributed by atoms with van der Waals surface area (Å²) in [6, 6.07) is 0. The van der Waals surface area contributed by atoms with Crippen molar-refractivity contribution in [1.29, 1.82) is 0 Å². The summed E-state index contributed by atoms with van der Waals surface area (Å²) >= 11 is 0. The Balaban J connectivity index is 1.66. The molecule has 0 N–H and O–H groups in total. The van der Waals surface area contributed by atoms with Gasteiger partial charge in [0, 0.05) is 0 Å². The number of rotatable bonds is 1. The van der Waals surface area contributed by atoms with Gasteiger partial charge in [-0.1, -0.05) is 72.9 Å². The number of hydrogen-bond donors (Lipinski definition) is 0. The number of allylic oxidation sites excluding steroid dienone is 12. The average Bonchev–Trinajstić information content (AvgIpc) is 2.54. The molecule has 5 unspecified atom stereocenters. The monoisotopic (exact) mass is 262 g/mol. The summed E-state index contributed by atoms with van der Waals surface area (Å²) in [5.74, 6) is 4.14. The molecule has 0 bridgehead atoms. The van der Waals surface area contributed by atoms with Crippen LogP contribution in [0.4, 0.5) is 0 Å². The van der Waals surface area contributed by atoms with Gasteiger partial charge in [-0.3, -0.25) is 0 Å². The maximum absolute atomic E-state index is 2.49. The van der Waals surface area contributed by atoms with Gasteiger partial charge in [0.1, 0.15) is 0 Å². The molecule has 0 saturated heterocycles. The van der Waals surface area contributed by atoms with E-state index in [4.69, 9.17) is 0 Å². The Bertz CT molecular complexity index is 490. The van der Waals surface area contributed by atoms with Crippen LogP contribution in [0.5, 0.6) is 0 Å². The molecule has 6 atom stereocenters. The van der Waals surface area contributed by atoms with Crippen LogP contribution >= 0.6 is 0 Å². The molecule has 0 aromatic heterocycles. The lowest BCUT2D eigenvalue weighted by Gasteiger charge is -2.42. The minimum atomic E-state index is 0.662. The molecular formula is C20H22. The van der Waals surface area contributed by atoms with E-state index in [1.165, 1.54) is 12.8 Å². The maximum Gasteiger partial charge on any atom is -0.00955 e. The Labute approximate surface area is 122 Å². The lowest BCUT2D eigenvalue weighted by atomic mass is 9.62. The van der Waals surface area contributed by atoms with Gasteiger partial charge in [-0.15, -0.1) is 0 Å². The predicted octanol–water partition coefficient (Wildman–Crippen LogP) is 4.86. The molecule has 0 fully saturated rings. The van der Waals surface area contributed by atoms with Crippen molar-refractivity contribution in [1.82, 2.24) is 0 Å². The van der Waals surface area contributed by atoms with Gasteiger partial charge in [0.25, 0.3) is 0 Å². The van der Waals surface area contributed by atoms with E-state index in [9.17, 15) is 0 Å². The number of fused-ring (bicyclic) bond motifs is 2. The zero-order chi connectivity index (χ0) is 13.4. The molecule has 0 aromatic carbocycles. The highest BCUT2D eigenvalue weighted by molar-refractivity contribution is 5.26. The molecule has 0 aromatic rings. The highest BCUT2D eigenvalue weighted by Gasteiger charge is 2.38. The first kappa shape index (κ1) is 12.2. The zero-order valence-corrected chi connectivity index (χ0v) is 11.8. The molecular weight excluding hydrogens is 240 g/mol. The van der Waals surface area contributed by atoms with Gasteiger partial charge in [-0.2, -0.15) is 0 Å². The van der Waals surface area contributed by atoms with Crippen molar-refractivity contribution in [3.05, 3.63) is 72.9 Å². The quantitative estimate of drug-likeness (QED) is 0.592. The summed E-state index contributed by atoms with van der Waals surface area (Å²) in [6.45, 7) is 0. The van der Waals surface area contributed by atoms with Gasteiger partial charge in [0.15, 0.2) is 0 Å². The standard InChI is InChI=1S/C20H22/c1-3-11-17-15(7-1)9-5-13-19(17)20-14-6-10-16-8-2-4-12-18(16)20/h1-8,11-20H,9-10H2/t15?,16?,17?,18?,19-,20?/m1/s1. The van der Waals surface area contributed by atoms with E-state index in [0.717, 1.165) is 0 Å². The van der Waals surface area contributed by atoms with E-state index in [-0.39, 0.29) is 0 Å². The van der Waals surface area contributed by atoms with Crippen molar-refractivity contribution < 1.29 is 0 Å². The maximum atomic E-state index is 2.49. The second-order valence-electron chi connectivity index (χ2n) is 6.50. The normalized spacial score (nSPS) is 44.4. The minimum absolute atomic E-state index is 0.662. The van der Waals surface area contributed by atoms with Crippen molar-refractivity contribution in [2.75, 3.05) is 0 Å². The van der Waals surface area contributed by atoms with Gasteiger partial charge in [-0.05, 0) is 48.3 Å². The molecule has 0 amide bonds. The lowest BCUT2D eigenvalue weighted by Crippen LogP contribution is -2.35. The van der Waals surface area contributed by atoms with E-state index >= 15 is 0 Å². The predicted molar refractivity (Wildman–Crippen MR) is 85.0 cm³/mol. The molecule has 0 aliphatic heterocycles. The number of hydrogen-bond acceptors (Lipinski definition) is 0. The summed E-state index contributed by atoms with van der Waals surface area (Å²) in [5, 5.41) is 0. The molecule has 4 aliphatic rings. The molecule has 0 heterocycles. The van der Waals surface area contributed by atoms with Crippen LogP contribution in [0.3, 0.4) is 0 Å². The van der Waals surface area contributed by atoms with E-state index in [1.807, 2.05) is 0 Å². The summed E-state index contributed by atoms with van der Waals surface area (Å²) < 4.78 is 0. The first-order valence-corrected chi connectivity index (χ1v) is 7.97. The Morgan fingerprint density at radius 3 is 1.40 bits per heavy atom. The van der Waals surface area contributed by atoms with E-state index in [2.05, 4.69) is 72.9 Å². The Hall–Kier alpha value is -1.56. The van der Waals surface area contributed by atoms with Crippen LogP contribution in [-0.2, 0) is 0 Å². The van der Waals surface area contributed by atoms with Crippen LogP contribution in [0.1, 0.15) is 12.8 Å². The molecule has 0 radical (unpaired) electrons. The fourth-order valence-corrected chi connectivity index (χ4v) is 4.45. The molecule has 0 heteroatoms. The third-order valence-electron chi connectivity index (χ3n) is 5.46. The van der Waals surface area contributed by atoms with Crippen LogP contribution in [0, 0.1) is 35.5 Å². The smallest absolute Gasteiger partial charge is 0.00955 e. The molecule has 20 heavy (non-hydrogen) atoms. The first-order chi connectivity index (χ1) is 9.93. The lowest BCUT2D eigenvalue weighted by molar-refractivity contribution is 0.217. The van der Waals surface area contributed by atoms with Gasteiger partial charge in [-0.25, -0.2) is 0 Å². The van der Waals surface area contributed by atoms with Gasteiger partial charge >= 0.3 is 0 Å². The van der Waals surface area contributed by atoms with Crippen molar-refractivity contribution in [3.63, 3.8) is 0 Å². The summed E-state index contributed by atoms with van der Waals surface area (Å²) in [7, 11) is 0. The van der Waals surface area contributed by atoms with Crippen LogP contribution in [0.2, 0.25) is 0 Å². The van der Waals surface area contributed by atoms with Gasteiger partial charge in [0.2, 0.25) is 0 Å². The van der Waals surface area contributed by atoms with Crippen LogP contribution in [0.25, 0.3) is 0 Å². The fourth-order valence-electron chi connectivity index (χ4n) is 4.45. The van der Waals surface area contributed by atoms with Crippen molar-refractivity contribution >= 4 is 0 Å². The fraction of sp³-hybridized carbons (Fsp3) is 0.400. The molecule has 0 saturated carbocycles. The molecule has 0 nitrogen and oxygen atoms in total. The highest BCUT2D eigenvalue weighted by atomic mass is 14.4. The van der Waals surface area contributed by atoms with Crippen molar-refractivity contribution in [2.45, 2.75) is 12.8 Å². The third kappa shape index (κ3) is 1.98. The minimum Gasteiger partial charge on any atom is -0.0876 e. The molecule has 4 aliphatic carbocycles. The van der Waals surface area contributed by atoms with Crippen LogP contribution < -0.4 is 0 Å². The Morgan fingerprint density at radius 2 is 0.900 bits per heavy atom. The summed E-state index contributed by atoms with van der Waals surface area (Å²) in [5.41, 5.74) is 0. The van der Waals surface area contributed by atoms with Crippen LogP contribution in [0.15, 0.2) is 72.9 Å². The second-order valence-corrected chi connectivity index (χ2v) is 6.50. The van der Waals surface area contributed by atoms with E-state index in [1.54, 1.807) is 0 Å². The van der Waals surface area contributed by atoms with E-state index in [0.29, 0.717) is 35.5 Å². The van der Waals surface area contributed by atoms with Gasteiger partial charge in [0.05, 0.1) is 0 Å². The third-order valence-corrected chi connectivity index (χ3v) is 5.46. The first-order valence-electron chi connectivity index (χ1n) is 7.97.